The average Bonchev–Trinajstić information content (AvgIpc) is 2.81. The van der Waals surface area contributed by atoms with E-state index in [1.807, 2.05) is 6.92 Å². The van der Waals surface area contributed by atoms with E-state index in [-0.39, 0.29) is 24.4 Å². The van der Waals surface area contributed by atoms with Gasteiger partial charge in [0.05, 0.1) is 11.8 Å². The first kappa shape index (κ1) is 15.0. The molecule has 2 unspecified atom stereocenters. The lowest BCUT2D eigenvalue weighted by atomic mass is 10.00. The normalized spacial score (nSPS) is 23.2. The van der Waals surface area contributed by atoms with Crippen LogP contribution in [0.15, 0.2) is 12.4 Å². The second-order valence-electron chi connectivity index (χ2n) is 4.55. The summed E-state index contributed by atoms with van der Waals surface area (Å²) in [4.78, 5) is 12.0. The van der Waals surface area contributed by atoms with Gasteiger partial charge in [0, 0.05) is 24.8 Å². The maximum absolute atomic E-state index is 12.0. The lowest BCUT2D eigenvalue weighted by Crippen LogP contribution is -2.51. The van der Waals surface area contributed by atoms with Crippen molar-refractivity contribution in [2.75, 3.05) is 6.54 Å². The fourth-order valence-corrected chi connectivity index (χ4v) is 2.15. The largest absolute Gasteiger partial charge is 0.348 e. The first-order chi connectivity index (χ1) is 8.20. The number of amides is 1. The van der Waals surface area contributed by atoms with E-state index in [1.54, 1.807) is 17.1 Å². The fraction of sp³-hybridized carbons (Fsp3) is 0.667. The maximum Gasteiger partial charge on any atom is 0.254 e. The Labute approximate surface area is 114 Å². The van der Waals surface area contributed by atoms with Crippen LogP contribution in [0.1, 0.15) is 37.0 Å². The second kappa shape index (κ2) is 6.75. The highest BCUT2D eigenvalue weighted by atomic mass is 35.5. The van der Waals surface area contributed by atoms with Crippen LogP contribution in [0.4, 0.5) is 0 Å². The summed E-state index contributed by atoms with van der Waals surface area (Å²) in [6, 6.07) is 0.565. The van der Waals surface area contributed by atoms with Crippen molar-refractivity contribution in [2.24, 2.45) is 0 Å². The number of nitrogens with zero attached hydrogens (tertiary/aromatic N) is 2. The molecule has 0 bridgehead atoms. The van der Waals surface area contributed by atoms with Gasteiger partial charge in [-0.2, -0.15) is 5.10 Å². The Balaban J connectivity index is 0.00000162. The molecule has 0 spiro atoms. The monoisotopic (exact) mass is 272 g/mol. The van der Waals surface area contributed by atoms with Crippen LogP contribution >= 0.6 is 12.4 Å². The molecule has 1 aliphatic heterocycles. The number of hydrogen-bond donors (Lipinski definition) is 2. The van der Waals surface area contributed by atoms with Gasteiger partial charge in [0.25, 0.3) is 5.91 Å². The topological polar surface area (TPSA) is 59.0 Å². The minimum Gasteiger partial charge on any atom is -0.348 e. The van der Waals surface area contributed by atoms with Gasteiger partial charge in [-0.3, -0.25) is 9.48 Å². The number of carbonyl (C=O) groups excluding carboxylic acids is 1. The second-order valence-corrected chi connectivity index (χ2v) is 4.55. The van der Waals surface area contributed by atoms with Gasteiger partial charge in [-0.25, -0.2) is 0 Å². The highest BCUT2D eigenvalue weighted by Gasteiger charge is 2.23. The van der Waals surface area contributed by atoms with E-state index in [4.69, 9.17) is 0 Å². The molecule has 2 atom stereocenters. The van der Waals surface area contributed by atoms with Gasteiger partial charge < -0.3 is 10.6 Å². The predicted molar refractivity (Wildman–Crippen MR) is 73.1 cm³/mol. The quantitative estimate of drug-likeness (QED) is 0.869. The van der Waals surface area contributed by atoms with Crippen LogP contribution in [0.25, 0.3) is 0 Å². The van der Waals surface area contributed by atoms with Crippen LogP contribution in [-0.2, 0) is 6.54 Å². The van der Waals surface area contributed by atoms with Crippen LogP contribution in [0.3, 0.4) is 0 Å². The summed E-state index contributed by atoms with van der Waals surface area (Å²) in [5, 5.41) is 10.5. The smallest absolute Gasteiger partial charge is 0.254 e. The number of nitrogens with one attached hydrogen (secondary N) is 2. The third kappa shape index (κ3) is 3.46. The van der Waals surface area contributed by atoms with Crippen molar-refractivity contribution >= 4 is 18.3 Å². The third-order valence-electron chi connectivity index (χ3n) is 3.30. The first-order valence-corrected chi connectivity index (χ1v) is 6.27. The van der Waals surface area contributed by atoms with Gasteiger partial charge in [0.2, 0.25) is 0 Å². The van der Waals surface area contributed by atoms with Crippen molar-refractivity contribution in [1.29, 1.82) is 0 Å². The molecule has 0 aromatic carbocycles. The lowest BCUT2D eigenvalue weighted by Gasteiger charge is -2.30. The summed E-state index contributed by atoms with van der Waals surface area (Å²) in [5.74, 6) is -0.0229. The van der Waals surface area contributed by atoms with Crippen molar-refractivity contribution in [1.82, 2.24) is 20.4 Å². The van der Waals surface area contributed by atoms with E-state index in [1.165, 1.54) is 0 Å². The molecular weight excluding hydrogens is 252 g/mol. The Morgan fingerprint density at radius 2 is 2.44 bits per heavy atom. The Bertz CT molecular complexity index is 393. The minimum atomic E-state index is -0.0229. The van der Waals surface area contributed by atoms with Crippen LogP contribution in [0.2, 0.25) is 0 Å². The standard InChI is InChI=1S/C12H20N4O.ClH/c1-3-16-8-10(7-14-16)12(17)15-11-5-4-6-13-9(11)2;/h7-9,11,13H,3-6H2,1-2H3,(H,15,17);1H. The van der Waals surface area contributed by atoms with Gasteiger partial charge in [-0.05, 0) is 33.2 Å². The van der Waals surface area contributed by atoms with E-state index in [0.29, 0.717) is 11.6 Å². The molecule has 2 heterocycles. The molecule has 1 aromatic rings. The number of hydrogen-bond acceptors (Lipinski definition) is 3. The van der Waals surface area contributed by atoms with Crippen molar-refractivity contribution in [3.05, 3.63) is 18.0 Å². The van der Waals surface area contributed by atoms with E-state index in [0.717, 1.165) is 25.9 Å². The van der Waals surface area contributed by atoms with E-state index >= 15 is 0 Å². The molecule has 18 heavy (non-hydrogen) atoms. The minimum absolute atomic E-state index is 0. The summed E-state index contributed by atoms with van der Waals surface area (Å²) < 4.78 is 1.76. The Morgan fingerprint density at radius 1 is 1.67 bits per heavy atom. The highest BCUT2D eigenvalue weighted by molar-refractivity contribution is 5.93. The Morgan fingerprint density at radius 3 is 3.06 bits per heavy atom. The molecule has 1 fully saturated rings. The number of carbonyl (C=O) groups is 1. The zero-order valence-corrected chi connectivity index (χ0v) is 11.7. The zero-order chi connectivity index (χ0) is 12.3. The van der Waals surface area contributed by atoms with E-state index in [2.05, 4.69) is 22.7 Å². The van der Waals surface area contributed by atoms with Gasteiger partial charge in [-0.1, -0.05) is 0 Å². The predicted octanol–water partition coefficient (Wildman–Crippen LogP) is 1.20. The molecule has 0 radical (unpaired) electrons. The van der Waals surface area contributed by atoms with E-state index < -0.39 is 0 Å². The number of piperidine rings is 1. The maximum atomic E-state index is 12.0. The molecule has 6 heteroatoms. The third-order valence-corrected chi connectivity index (χ3v) is 3.30. The molecule has 1 saturated heterocycles. The number of aryl methyl sites for hydroxylation is 1. The molecule has 1 aliphatic rings. The summed E-state index contributed by atoms with van der Waals surface area (Å²) in [6.07, 6.45) is 5.57. The molecule has 1 amide bonds. The summed E-state index contributed by atoms with van der Waals surface area (Å²) in [6.45, 7) is 5.94. The number of rotatable bonds is 3. The highest BCUT2D eigenvalue weighted by Crippen LogP contribution is 2.09. The Hall–Kier alpha value is -1.07. The van der Waals surface area contributed by atoms with Gasteiger partial charge in [0.15, 0.2) is 0 Å². The molecule has 1 aromatic heterocycles. The van der Waals surface area contributed by atoms with Gasteiger partial charge >= 0.3 is 0 Å². The summed E-state index contributed by atoms with van der Waals surface area (Å²) in [7, 11) is 0. The van der Waals surface area contributed by atoms with Crippen molar-refractivity contribution in [2.45, 2.75) is 45.3 Å². The lowest BCUT2D eigenvalue weighted by molar-refractivity contribution is 0.0920. The van der Waals surface area contributed by atoms with Crippen LogP contribution in [-0.4, -0.2) is 34.3 Å². The average molecular weight is 273 g/mol. The molecular formula is C12H21ClN4O. The number of halogens is 1. The van der Waals surface area contributed by atoms with Crippen molar-refractivity contribution < 1.29 is 4.79 Å². The zero-order valence-electron chi connectivity index (χ0n) is 10.8. The van der Waals surface area contributed by atoms with Crippen molar-refractivity contribution in [3.8, 4) is 0 Å². The van der Waals surface area contributed by atoms with Gasteiger partial charge in [-0.15, -0.1) is 12.4 Å². The summed E-state index contributed by atoms with van der Waals surface area (Å²) >= 11 is 0. The molecule has 0 saturated carbocycles. The summed E-state index contributed by atoms with van der Waals surface area (Å²) in [5.41, 5.74) is 0.643. The van der Waals surface area contributed by atoms with Crippen LogP contribution < -0.4 is 10.6 Å². The number of aromatic nitrogens is 2. The fourth-order valence-electron chi connectivity index (χ4n) is 2.15. The molecule has 5 nitrogen and oxygen atoms in total. The molecule has 0 aliphatic carbocycles. The first-order valence-electron chi connectivity index (χ1n) is 6.27. The Kier molecular flexibility index (Phi) is 5.62. The van der Waals surface area contributed by atoms with Crippen molar-refractivity contribution in [3.63, 3.8) is 0 Å². The van der Waals surface area contributed by atoms with Gasteiger partial charge in [0.1, 0.15) is 0 Å². The van der Waals surface area contributed by atoms with E-state index in [9.17, 15) is 4.79 Å². The SMILES string of the molecule is CCn1cc(C(=O)NC2CCCNC2C)cn1.Cl. The molecule has 2 N–H and O–H groups in total. The molecule has 2 rings (SSSR count). The molecule has 102 valence electrons. The van der Waals surface area contributed by atoms with Crippen LogP contribution in [0.5, 0.6) is 0 Å². The van der Waals surface area contributed by atoms with Crippen LogP contribution in [0, 0.1) is 0 Å².